The van der Waals surface area contributed by atoms with E-state index in [0.717, 1.165) is 32.2 Å². The van der Waals surface area contributed by atoms with Crippen LogP contribution in [-0.2, 0) is 4.79 Å². The molecule has 0 spiro atoms. The molecule has 1 rings (SSSR count). The van der Waals surface area contributed by atoms with Gasteiger partial charge in [0.05, 0.1) is 0 Å². The van der Waals surface area contributed by atoms with Crippen molar-refractivity contribution in [2.75, 3.05) is 13.6 Å². The number of hydrogen-bond acceptors (Lipinski definition) is 2. The summed E-state index contributed by atoms with van der Waals surface area (Å²) in [6, 6.07) is 0. The van der Waals surface area contributed by atoms with E-state index in [2.05, 4.69) is 5.32 Å². The van der Waals surface area contributed by atoms with Gasteiger partial charge in [-0.1, -0.05) is 0 Å². The highest BCUT2D eigenvalue weighted by molar-refractivity contribution is 5.78. The van der Waals surface area contributed by atoms with E-state index in [4.69, 9.17) is 5.73 Å². The molecule has 0 atom stereocenters. The van der Waals surface area contributed by atoms with E-state index < -0.39 is 0 Å². The number of rotatable bonds is 2. The quantitative estimate of drug-likeness (QED) is 0.634. The molecule has 0 aliphatic heterocycles. The van der Waals surface area contributed by atoms with Gasteiger partial charge in [0.1, 0.15) is 0 Å². The molecule has 3 nitrogen and oxygen atoms in total. The summed E-state index contributed by atoms with van der Waals surface area (Å²) in [5.74, 6) is 1.11. The Morgan fingerprint density at radius 1 is 1.42 bits per heavy atom. The SMILES string of the molecule is CNC(=O)C1CCC(CN)CC1. The molecule has 70 valence electrons. The lowest BCUT2D eigenvalue weighted by atomic mass is 9.82. The van der Waals surface area contributed by atoms with Crippen LogP contribution < -0.4 is 11.1 Å². The zero-order chi connectivity index (χ0) is 8.97. The van der Waals surface area contributed by atoms with Crippen molar-refractivity contribution in [3.63, 3.8) is 0 Å². The third-order valence-electron chi connectivity index (χ3n) is 2.80. The summed E-state index contributed by atoms with van der Waals surface area (Å²) in [7, 11) is 1.71. The molecule has 0 aromatic heterocycles. The highest BCUT2D eigenvalue weighted by Gasteiger charge is 2.24. The summed E-state index contributed by atoms with van der Waals surface area (Å²) >= 11 is 0. The maximum Gasteiger partial charge on any atom is 0.222 e. The number of carbonyl (C=O) groups excluding carboxylic acids is 1. The van der Waals surface area contributed by atoms with Gasteiger partial charge in [0.15, 0.2) is 0 Å². The Morgan fingerprint density at radius 3 is 2.42 bits per heavy atom. The van der Waals surface area contributed by atoms with Crippen molar-refractivity contribution in [1.82, 2.24) is 5.32 Å². The van der Waals surface area contributed by atoms with Gasteiger partial charge in [0.2, 0.25) is 5.91 Å². The number of amides is 1. The van der Waals surface area contributed by atoms with Gasteiger partial charge in [-0.3, -0.25) is 4.79 Å². The van der Waals surface area contributed by atoms with E-state index >= 15 is 0 Å². The normalized spacial score (nSPS) is 29.8. The molecule has 0 saturated heterocycles. The van der Waals surface area contributed by atoms with Crippen LogP contribution in [0.4, 0.5) is 0 Å². The minimum Gasteiger partial charge on any atom is -0.359 e. The average Bonchev–Trinajstić information content (AvgIpc) is 2.17. The second-order valence-electron chi connectivity index (χ2n) is 3.57. The van der Waals surface area contributed by atoms with Crippen molar-refractivity contribution in [3.05, 3.63) is 0 Å². The van der Waals surface area contributed by atoms with Crippen molar-refractivity contribution in [3.8, 4) is 0 Å². The van der Waals surface area contributed by atoms with E-state index in [0.29, 0.717) is 5.92 Å². The summed E-state index contributed by atoms with van der Waals surface area (Å²) in [4.78, 5) is 11.2. The molecule has 0 bridgehead atoms. The second-order valence-corrected chi connectivity index (χ2v) is 3.57. The Labute approximate surface area is 73.7 Å². The predicted molar refractivity (Wildman–Crippen MR) is 48.6 cm³/mol. The highest BCUT2D eigenvalue weighted by atomic mass is 16.1. The molecule has 1 amide bonds. The zero-order valence-electron chi connectivity index (χ0n) is 7.68. The number of carbonyl (C=O) groups is 1. The lowest BCUT2D eigenvalue weighted by molar-refractivity contribution is -0.125. The van der Waals surface area contributed by atoms with Crippen LogP contribution in [0.5, 0.6) is 0 Å². The van der Waals surface area contributed by atoms with E-state index in [1.54, 1.807) is 7.05 Å². The van der Waals surface area contributed by atoms with E-state index in [1.807, 2.05) is 0 Å². The number of nitrogens with one attached hydrogen (secondary N) is 1. The van der Waals surface area contributed by atoms with Crippen LogP contribution in [0.25, 0.3) is 0 Å². The lowest BCUT2D eigenvalue weighted by Crippen LogP contribution is -2.32. The fourth-order valence-corrected chi connectivity index (χ4v) is 1.86. The highest BCUT2D eigenvalue weighted by Crippen LogP contribution is 2.27. The molecule has 1 aliphatic carbocycles. The fraction of sp³-hybridized carbons (Fsp3) is 0.889. The van der Waals surface area contributed by atoms with Gasteiger partial charge < -0.3 is 11.1 Å². The monoisotopic (exact) mass is 170 g/mol. The van der Waals surface area contributed by atoms with Crippen LogP contribution in [0, 0.1) is 11.8 Å². The molecule has 1 aliphatic rings. The van der Waals surface area contributed by atoms with Gasteiger partial charge in [-0.2, -0.15) is 0 Å². The molecule has 1 saturated carbocycles. The largest absolute Gasteiger partial charge is 0.359 e. The summed E-state index contributed by atoms with van der Waals surface area (Å²) in [5.41, 5.74) is 5.56. The van der Waals surface area contributed by atoms with Crippen molar-refractivity contribution >= 4 is 5.91 Å². The molecule has 3 N–H and O–H groups in total. The van der Waals surface area contributed by atoms with E-state index in [1.165, 1.54) is 0 Å². The average molecular weight is 170 g/mol. The maximum absolute atomic E-state index is 11.2. The van der Waals surface area contributed by atoms with Crippen molar-refractivity contribution < 1.29 is 4.79 Å². The topological polar surface area (TPSA) is 55.1 Å². The molecule has 0 unspecified atom stereocenters. The minimum atomic E-state index is 0.200. The molecule has 1 fully saturated rings. The molecule has 0 aromatic carbocycles. The van der Waals surface area contributed by atoms with Crippen LogP contribution in [0.2, 0.25) is 0 Å². The Morgan fingerprint density at radius 2 is 2.00 bits per heavy atom. The van der Waals surface area contributed by atoms with Crippen LogP contribution >= 0.6 is 0 Å². The van der Waals surface area contributed by atoms with Gasteiger partial charge in [0, 0.05) is 13.0 Å². The predicted octanol–water partition coefficient (Wildman–Crippen LogP) is 0.497. The van der Waals surface area contributed by atoms with Gasteiger partial charge in [0.25, 0.3) is 0 Å². The van der Waals surface area contributed by atoms with Crippen molar-refractivity contribution in [2.24, 2.45) is 17.6 Å². The van der Waals surface area contributed by atoms with Crippen LogP contribution in [0.15, 0.2) is 0 Å². The smallest absolute Gasteiger partial charge is 0.222 e. The standard InChI is InChI=1S/C9H18N2O/c1-11-9(12)8-4-2-7(6-10)3-5-8/h7-8H,2-6,10H2,1H3,(H,11,12). The molecule has 3 heteroatoms. The summed E-state index contributed by atoms with van der Waals surface area (Å²) < 4.78 is 0. The number of hydrogen-bond donors (Lipinski definition) is 2. The minimum absolute atomic E-state index is 0.200. The fourth-order valence-electron chi connectivity index (χ4n) is 1.86. The molecular weight excluding hydrogens is 152 g/mol. The first-order valence-electron chi connectivity index (χ1n) is 4.69. The van der Waals surface area contributed by atoms with Crippen molar-refractivity contribution in [1.29, 1.82) is 0 Å². The lowest BCUT2D eigenvalue weighted by Gasteiger charge is -2.26. The van der Waals surface area contributed by atoms with Gasteiger partial charge in [-0.25, -0.2) is 0 Å². The van der Waals surface area contributed by atoms with E-state index in [9.17, 15) is 4.79 Å². The summed E-state index contributed by atoms with van der Waals surface area (Å²) in [5, 5.41) is 2.70. The summed E-state index contributed by atoms with van der Waals surface area (Å²) in [6.07, 6.45) is 4.27. The summed E-state index contributed by atoms with van der Waals surface area (Å²) in [6.45, 7) is 0.778. The zero-order valence-corrected chi connectivity index (χ0v) is 7.68. The Balaban J connectivity index is 2.30. The molecule has 0 radical (unpaired) electrons. The Kier molecular flexibility index (Phi) is 3.53. The molecular formula is C9H18N2O. The molecule has 12 heavy (non-hydrogen) atoms. The first-order chi connectivity index (χ1) is 5.77. The van der Waals surface area contributed by atoms with Crippen molar-refractivity contribution in [2.45, 2.75) is 25.7 Å². The van der Waals surface area contributed by atoms with Gasteiger partial charge >= 0.3 is 0 Å². The first kappa shape index (κ1) is 9.52. The number of nitrogens with two attached hydrogens (primary N) is 1. The van der Waals surface area contributed by atoms with Crippen LogP contribution in [-0.4, -0.2) is 19.5 Å². The van der Waals surface area contributed by atoms with Crippen LogP contribution in [0.1, 0.15) is 25.7 Å². The third kappa shape index (κ3) is 2.21. The Bertz CT molecular complexity index is 151. The second kappa shape index (κ2) is 4.45. The van der Waals surface area contributed by atoms with Gasteiger partial charge in [-0.15, -0.1) is 0 Å². The van der Waals surface area contributed by atoms with E-state index in [-0.39, 0.29) is 11.8 Å². The maximum atomic E-state index is 11.2. The first-order valence-corrected chi connectivity index (χ1v) is 4.69. The Hall–Kier alpha value is -0.570. The third-order valence-corrected chi connectivity index (χ3v) is 2.80. The molecule has 0 heterocycles. The van der Waals surface area contributed by atoms with Crippen LogP contribution in [0.3, 0.4) is 0 Å². The molecule has 0 aromatic rings. The van der Waals surface area contributed by atoms with Gasteiger partial charge in [-0.05, 0) is 38.1 Å².